The Morgan fingerprint density at radius 1 is 0.778 bits per heavy atom. The molecule has 0 heterocycles. The van der Waals surface area contributed by atoms with E-state index >= 15 is 0 Å². The van der Waals surface area contributed by atoms with Crippen molar-refractivity contribution in [3.05, 3.63) is 84.9 Å². The normalized spacial score (nSPS) is 10.0. The van der Waals surface area contributed by atoms with Gasteiger partial charge in [-0.2, -0.15) is 23.8 Å². The first-order valence-corrected chi connectivity index (χ1v) is 8.57. The summed E-state index contributed by atoms with van der Waals surface area (Å²) in [5.74, 6) is 0. The third kappa shape index (κ3) is 9.42. The van der Waals surface area contributed by atoms with E-state index in [0.717, 1.165) is 0 Å². The van der Waals surface area contributed by atoms with E-state index in [1.807, 2.05) is 0 Å². The van der Waals surface area contributed by atoms with E-state index in [1.165, 1.54) is 21.9 Å². The van der Waals surface area contributed by atoms with Gasteiger partial charge in [0.25, 0.3) is 0 Å². The van der Waals surface area contributed by atoms with Gasteiger partial charge in [-0.05, 0) is 0 Å². The van der Waals surface area contributed by atoms with Crippen LogP contribution in [0.5, 0.6) is 0 Å². The first-order chi connectivity index (χ1) is 11.2. The Bertz CT molecular complexity index is 726. The molecule has 146 valence electrons. The van der Waals surface area contributed by atoms with Crippen LogP contribution in [0.2, 0.25) is 0 Å². The van der Waals surface area contributed by atoms with Gasteiger partial charge in [-0.1, -0.05) is 58.4 Å². The summed E-state index contributed by atoms with van der Waals surface area (Å²) in [7, 11) is 0. The molecule has 0 aliphatic rings. The van der Waals surface area contributed by atoms with Gasteiger partial charge in [-0.15, -0.1) is 59.8 Å². The molecule has 0 spiro atoms. The summed E-state index contributed by atoms with van der Waals surface area (Å²) >= 11 is 0. The van der Waals surface area contributed by atoms with Crippen molar-refractivity contribution in [1.82, 2.24) is 0 Å². The first-order valence-electron chi connectivity index (χ1n) is 8.57. The molecule has 3 rings (SSSR count). The van der Waals surface area contributed by atoms with Crippen molar-refractivity contribution in [2.24, 2.45) is 0 Å². The van der Waals surface area contributed by atoms with Gasteiger partial charge in [-0.3, -0.25) is 0 Å². The maximum Gasteiger partial charge on any atom is 4.00 e. The summed E-state index contributed by atoms with van der Waals surface area (Å²) in [5.41, 5.74) is 3.44. The molecule has 27 heavy (non-hydrogen) atoms. The Kier molecular flexibility index (Phi) is 15.6. The van der Waals surface area contributed by atoms with Crippen LogP contribution in [0, 0.1) is 0 Å². The Labute approximate surface area is 198 Å². The second kappa shape index (κ2) is 13.5. The fourth-order valence-electron chi connectivity index (χ4n) is 2.68. The number of benzene rings is 1. The van der Waals surface area contributed by atoms with E-state index in [9.17, 15) is 0 Å². The SMILES string of the molecule is C=C.CC(C)(C)c1c[cH-]c2ccccc12.CC(C)(C)c1cc[cH-]c1.[Cl-].[Cl-].[Zr+4]. The van der Waals surface area contributed by atoms with Crippen LogP contribution >= 0.6 is 0 Å². The standard InChI is InChI=1S/C13H15.C9H13.C2H4.2ClH.Zr/c1-13(2,3)12-9-8-10-6-4-5-7-11(10)12;1-9(2,3)8-6-4-5-7-8;1-2;;;/h4-9H,1-3H3;4-7H,1-3H3;1-2H2;2*1H;/q2*-1;;;;+4/p-2. The largest absolute Gasteiger partial charge is 4.00 e. The second-order valence-corrected chi connectivity index (χ2v) is 8.01. The Morgan fingerprint density at radius 2 is 1.33 bits per heavy atom. The van der Waals surface area contributed by atoms with Crippen LogP contribution in [0.25, 0.3) is 10.8 Å². The fourth-order valence-corrected chi connectivity index (χ4v) is 2.68. The molecule has 3 heteroatoms. The number of halogens is 2. The summed E-state index contributed by atoms with van der Waals surface area (Å²) in [5, 5.41) is 2.75. The minimum absolute atomic E-state index is 0. The van der Waals surface area contributed by atoms with Crippen molar-refractivity contribution < 1.29 is 51.0 Å². The van der Waals surface area contributed by atoms with Crippen LogP contribution in [-0.2, 0) is 37.0 Å². The molecule has 0 aliphatic heterocycles. The molecular formula is C24H32Cl2Zr. The van der Waals surface area contributed by atoms with Crippen LogP contribution in [0.15, 0.2) is 73.8 Å². The van der Waals surface area contributed by atoms with Gasteiger partial charge in [0, 0.05) is 0 Å². The van der Waals surface area contributed by atoms with Gasteiger partial charge in [0.1, 0.15) is 0 Å². The molecule has 0 atom stereocenters. The Hall–Kier alpha value is -0.617. The zero-order valence-electron chi connectivity index (χ0n) is 17.4. The summed E-state index contributed by atoms with van der Waals surface area (Å²) in [6.07, 6.45) is 0. The molecule has 0 unspecified atom stereocenters. The minimum atomic E-state index is 0. The van der Waals surface area contributed by atoms with Crippen molar-refractivity contribution in [2.75, 3.05) is 0 Å². The molecule has 0 saturated heterocycles. The smallest absolute Gasteiger partial charge is 1.00 e. The predicted octanol–water partition coefficient (Wildman–Crippen LogP) is 1.37. The van der Waals surface area contributed by atoms with Gasteiger partial charge in [0.15, 0.2) is 0 Å². The third-order valence-corrected chi connectivity index (χ3v) is 4.02. The number of rotatable bonds is 0. The minimum Gasteiger partial charge on any atom is -1.00 e. The average Bonchev–Trinajstić information content (AvgIpc) is 3.18. The molecule has 3 aromatic carbocycles. The van der Waals surface area contributed by atoms with Gasteiger partial charge in [0.2, 0.25) is 0 Å². The monoisotopic (exact) mass is 480 g/mol. The molecule has 0 radical (unpaired) electrons. The predicted molar refractivity (Wildman–Crippen MR) is 110 cm³/mol. The van der Waals surface area contributed by atoms with Crippen molar-refractivity contribution in [1.29, 1.82) is 0 Å². The quantitative estimate of drug-likeness (QED) is 0.336. The van der Waals surface area contributed by atoms with Crippen molar-refractivity contribution in [2.45, 2.75) is 52.4 Å². The van der Waals surface area contributed by atoms with Gasteiger partial charge in [0.05, 0.1) is 0 Å². The Morgan fingerprint density at radius 3 is 1.74 bits per heavy atom. The van der Waals surface area contributed by atoms with Crippen LogP contribution < -0.4 is 24.8 Å². The fraction of sp³-hybridized carbons (Fsp3) is 0.333. The maximum absolute atomic E-state index is 3.00. The maximum atomic E-state index is 3.00. The summed E-state index contributed by atoms with van der Waals surface area (Å²) < 4.78 is 0. The van der Waals surface area contributed by atoms with Crippen LogP contribution in [-0.4, -0.2) is 0 Å². The molecule has 0 aromatic heterocycles. The molecule has 3 aromatic rings. The van der Waals surface area contributed by atoms with E-state index in [4.69, 9.17) is 0 Å². The topological polar surface area (TPSA) is 0 Å². The Balaban J connectivity index is -0.000000370. The summed E-state index contributed by atoms with van der Waals surface area (Å²) in [4.78, 5) is 0. The van der Waals surface area contributed by atoms with E-state index in [0.29, 0.717) is 5.41 Å². The van der Waals surface area contributed by atoms with E-state index in [-0.39, 0.29) is 56.4 Å². The van der Waals surface area contributed by atoms with E-state index in [1.54, 1.807) is 0 Å². The number of fused-ring (bicyclic) bond motifs is 1. The molecular weight excluding hydrogens is 450 g/mol. The van der Waals surface area contributed by atoms with E-state index in [2.05, 4.69) is 115 Å². The molecule has 0 nitrogen and oxygen atoms in total. The molecule has 0 aliphatic carbocycles. The van der Waals surface area contributed by atoms with Crippen LogP contribution in [0.4, 0.5) is 0 Å². The molecule has 0 saturated carbocycles. The summed E-state index contributed by atoms with van der Waals surface area (Å²) in [6, 6.07) is 21.5. The zero-order valence-corrected chi connectivity index (χ0v) is 21.4. The number of hydrogen-bond acceptors (Lipinski definition) is 0. The molecule has 0 amide bonds. The average molecular weight is 483 g/mol. The van der Waals surface area contributed by atoms with Crippen LogP contribution in [0.3, 0.4) is 0 Å². The zero-order chi connectivity index (χ0) is 18.4. The first kappa shape index (κ1) is 31.1. The molecule has 0 N–H and O–H groups in total. The van der Waals surface area contributed by atoms with Gasteiger partial charge in [-0.25, -0.2) is 6.07 Å². The molecule has 0 fully saturated rings. The second-order valence-electron chi connectivity index (χ2n) is 8.01. The van der Waals surface area contributed by atoms with Crippen molar-refractivity contribution >= 4 is 10.8 Å². The molecule has 0 bridgehead atoms. The van der Waals surface area contributed by atoms with Crippen LogP contribution in [0.1, 0.15) is 52.7 Å². The third-order valence-electron chi connectivity index (χ3n) is 4.02. The summed E-state index contributed by atoms with van der Waals surface area (Å²) in [6.45, 7) is 19.4. The van der Waals surface area contributed by atoms with Gasteiger partial charge >= 0.3 is 26.2 Å². The van der Waals surface area contributed by atoms with Crippen molar-refractivity contribution in [3.8, 4) is 0 Å². The number of hydrogen-bond donors (Lipinski definition) is 0. The van der Waals surface area contributed by atoms with Gasteiger partial charge < -0.3 is 24.8 Å². The van der Waals surface area contributed by atoms with Crippen molar-refractivity contribution in [3.63, 3.8) is 0 Å². The van der Waals surface area contributed by atoms with E-state index < -0.39 is 0 Å².